The highest BCUT2D eigenvalue weighted by molar-refractivity contribution is 6.24. The molecule has 11 nitrogen and oxygen atoms in total. The number of nitrogens with zero attached hydrogens (tertiary/aromatic N) is 2. The molecule has 228 valence electrons. The van der Waals surface area contributed by atoms with Crippen molar-refractivity contribution >= 4 is 23.2 Å². The van der Waals surface area contributed by atoms with Gasteiger partial charge >= 0.3 is 0 Å². The number of ether oxygens (including phenoxy) is 1. The van der Waals surface area contributed by atoms with Gasteiger partial charge in [-0.05, 0) is 70.8 Å². The fourth-order valence-corrected chi connectivity index (χ4v) is 7.81. The number of phenols is 1. The Bertz CT molecular complexity index is 1390. The van der Waals surface area contributed by atoms with Gasteiger partial charge in [0.2, 0.25) is 5.78 Å². The van der Waals surface area contributed by atoms with E-state index in [4.69, 9.17) is 10.5 Å². The number of amides is 1. The second-order valence-corrected chi connectivity index (χ2v) is 12.4. The number of hydrogen-bond acceptors (Lipinski definition) is 10. The molecule has 1 aromatic carbocycles. The molecule has 1 saturated heterocycles. The van der Waals surface area contributed by atoms with Crippen LogP contribution in [0.5, 0.6) is 11.5 Å². The van der Waals surface area contributed by atoms with Crippen LogP contribution in [0, 0.1) is 17.8 Å². The van der Waals surface area contributed by atoms with Crippen LogP contribution in [0.1, 0.15) is 55.7 Å². The summed E-state index contributed by atoms with van der Waals surface area (Å²) in [6.45, 7) is 4.62. The first kappa shape index (κ1) is 30.1. The second-order valence-electron chi connectivity index (χ2n) is 12.4. The number of rotatable bonds is 7. The number of hydrogen-bond donors (Lipinski definition) is 5. The highest BCUT2D eigenvalue weighted by Gasteiger charge is 2.64. The van der Waals surface area contributed by atoms with E-state index in [1.807, 2.05) is 0 Å². The molecule has 4 atom stereocenters. The van der Waals surface area contributed by atoms with Gasteiger partial charge in [0.25, 0.3) is 5.91 Å². The summed E-state index contributed by atoms with van der Waals surface area (Å²) >= 11 is 0. The average Bonchev–Trinajstić information content (AvgIpc) is 2.91. The first-order chi connectivity index (χ1) is 19.9. The molecule has 2 fully saturated rings. The fraction of sp³-hybridized carbons (Fsp3) is 0.581. The van der Waals surface area contributed by atoms with E-state index in [-0.39, 0.29) is 29.7 Å². The van der Waals surface area contributed by atoms with Crippen LogP contribution in [-0.2, 0) is 27.3 Å². The summed E-state index contributed by atoms with van der Waals surface area (Å²) < 4.78 is 5.85. The number of piperidine rings is 1. The van der Waals surface area contributed by atoms with Gasteiger partial charge < -0.3 is 30.9 Å². The number of aliphatic hydroxyl groups excluding tert-OH is 2. The van der Waals surface area contributed by atoms with Gasteiger partial charge in [-0.25, -0.2) is 0 Å². The Kier molecular flexibility index (Phi) is 7.88. The van der Waals surface area contributed by atoms with Crippen LogP contribution in [-0.4, -0.2) is 93.6 Å². The number of phenolic OH excluding ortho intramolecular Hbond substituents is 1. The summed E-state index contributed by atoms with van der Waals surface area (Å²) in [5.41, 5.74) is 3.06. The Morgan fingerprint density at radius 3 is 2.43 bits per heavy atom. The SMILES string of the molecule is CCCC1CCN(Cc2cc(O)c3c(c2OC)C[C@H]2C[C@H]4[C@H](N(C)C)C(=O)C(C(N)=O)=C(O)[C@@]4(O)C(=O)C2=C3O)CC1. The van der Waals surface area contributed by atoms with Crippen molar-refractivity contribution in [2.75, 3.05) is 34.3 Å². The third-order valence-electron chi connectivity index (χ3n) is 9.75. The number of methoxy groups -OCH3 is 1. The van der Waals surface area contributed by atoms with Crippen LogP contribution >= 0.6 is 0 Å². The number of likely N-dealkylation sites (N-methyl/N-ethyl adjacent to an activating group) is 1. The lowest BCUT2D eigenvalue weighted by atomic mass is 9.57. The topological polar surface area (TPSA) is 174 Å². The number of likely N-dealkylation sites (tertiary alicyclic amines) is 1. The van der Waals surface area contributed by atoms with Crippen molar-refractivity contribution in [3.8, 4) is 11.5 Å². The normalized spacial score (nSPS) is 28.6. The number of benzene rings is 1. The number of carbonyl (C=O) groups is 3. The quantitative estimate of drug-likeness (QED) is 0.299. The number of aromatic hydroxyl groups is 1. The molecule has 1 heterocycles. The van der Waals surface area contributed by atoms with Crippen molar-refractivity contribution < 1.29 is 39.5 Å². The van der Waals surface area contributed by atoms with Crippen LogP contribution in [0.15, 0.2) is 23.0 Å². The minimum Gasteiger partial charge on any atom is -0.508 e. The van der Waals surface area contributed by atoms with Crippen molar-refractivity contribution in [1.29, 1.82) is 0 Å². The molecular formula is C31H41N3O8. The van der Waals surface area contributed by atoms with Crippen molar-refractivity contribution in [2.45, 2.75) is 63.6 Å². The number of aliphatic hydroxyl groups is 3. The van der Waals surface area contributed by atoms with Gasteiger partial charge in [-0.15, -0.1) is 0 Å². The van der Waals surface area contributed by atoms with Gasteiger partial charge in [-0.2, -0.15) is 0 Å². The summed E-state index contributed by atoms with van der Waals surface area (Å²) in [7, 11) is 4.68. The predicted octanol–water partition coefficient (Wildman–Crippen LogP) is 1.98. The lowest BCUT2D eigenvalue weighted by Crippen LogP contribution is -2.65. The smallest absolute Gasteiger partial charge is 0.255 e. The highest BCUT2D eigenvalue weighted by Crippen LogP contribution is 2.54. The number of primary amides is 1. The van der Waals surface area contributed by atoms with E-state index >= 15 is 0 Å². The van der Waals surface area contributed by atoms with E-state index in [2.05, 4.69) is 11.8 Å². The molecule has 1 aliphatic heterocycles. The molecule has 1 saturated carbocycles. The molecule has 1 amide bonds. The number of carbonyl (C=O) groups excluding carboxylic acids is 3. The molecule has 4 aliphatic rings. The maximum Gasteiger partial charge on any atom is 0.255 e. The molecule has 5 rings (SSSR count). The second kappa shape index (κ2) is 11.0. The summed E-state index contributed by atoms with van der Waals surface area (Å²) in [5.74, 6) is -5.45. The Hall–Kier alpha value is -3.41. The Balaban J connectivity index is 1.57. The first-order valence-corrected chi connectivity index (χ1v) is 14.6. The number of fused-ring (bicyclic) bond motifs is 3. The van der Waals surface area contributed by atoms with E-state index in [9.17, 15) is 34.8 Å². The summed E-state index contributed by atoms with van der Waals surface area (Å²) in [4.78, 5) is 43.2. The fourth-order valence-electron chi connectivity index (χ4n) is 7.81. The van der Waals surface area contributed by atoms with E-state index < -0.39 is 58.0 Å². The third-order valence-corrected chi connectivity index (χ3v) is 9.75. The molecule has 0 bridgehead atoms. The zero-order chi connectivity index (χ0) is 30.7. The van der Waals surface area contributed by atoms with Crippen LogP contribution in [0.4, 0.5) is 0 Å². The van der Waals surface area contributed by atoms with Crippen LogP contribution in [0.3, 0.4) is 0 Å². The average molecular weight is 584 g/mol. The van der Waals surface area contributed by atoms with E-state index in [0.717, 1.165) is 37.4 Å². The molecule has 0 unspecified atom stereocenters. The largest absolute Gasteiger partial charge is 0.508 e. The zero-order valence-electron chi connectivity index (χ0n) is 24.6. The van der Waals surface area contributed by atoms with E-state index in [1.165, 1.54) is 24.9 Å². The molecule has 0 aromatic heterocycles. The lowest BCUT2D eigenvalue weighted by molar-refractivity contribution is -0.153. The molecule has 11 heteroatoms. The molecule has 0 radical (unpaired) electrons. The molecule has 1 aromatic rings. The van der Waals surface area contributed by atoms with Crippen LogP contribution in [0.25, 0.3) is 5.76 Å². The molecule has 3 aliphatic carbocycles. The number of nitrogens with two attached hydrogens (primary N) is 1. The maximum absolute atomic E-state index is 14.0. The van der Waals surface area contributed by atoms with Crippen LogP contribution in [0.2, 0.25) is 0 Å². The van der Waals surface area contributed by atoms with Crippen molar-refractivity contribution in [3.63, 3.8) is 0 Å². The maximum atomic E-state index is 14.0. The van der Waals surface area contributed by atoms with E-state index in [0.29, 0.717) is 17.9 Å². The first-order valence-electron chi connectivity index (χ1n) is 14.6. The van der Waals surface area contributed by atoms with Gasteiger partial charge in [-0.3, -0.25) is 24.2 Å². The summed E-state index contributed by atoms with van der Waals surface area (Å²) in [6, 6.07) is 0.418. The molecule has 6 N–H and O–H groups in total. The van der Waals surface area contributed by atoms with Crippen molar-refractivity contribution in [2.24, 2.45) is 23.5 Å². The predicted molar refractivity (Wildman–Crippen MR) is 154 cm³/mol. The lowest BCUT2D eigenvalue weighted by Gasteiger charge is -2.50. The van der Waals surface area contributed by atoms with Gasteiger partial charge in [0, 0.05) is 29.2 Å². The minimum absolute atomic E-state index is 0.0326. The monoisotopic (exact) mass is 583 g/mol. The van der Waals surface area contributed by atoms with Gasteiger partial charge in [0.1, 0.15) is 28.6 Å². The van der Waals surface area contributed by atoms with Crippen LogP contribution < -0.4 is 10.5 Å². The number of Topliss-reactive ketones (excluding diaryl/α,β-unsaturated/α-hetero) is 2. The Morgan fingerprint density at radius 1 is 1.19 bits per heavy atom. The minimum atomic E-state index is -2.66. The zero-order valence-corrected chi connectivity index (χ0v) is 24.6. The van der Waals surface area contributed by atoms with E-state index in [1.54, 1.807) is 20.2 Å². The Morgan fingerprint density at radius 2 is 1.86 bits per heavy atom. The number of ketones is 2. The third kappa shape index (κ3) is 4.49. The summed E-state index contributed by atoms with van der Waals surface area (Å²) in [6.07, 6.45) is 4.84. The highest BCUT2D eigenvalue weighted by atomic mass is 16.5. The van der Waals surface area contributed by atoms with Crippen molar-refractivity contribution in [1.82, 2.24) is 9.80 Å². The molecule has 0 spiro atoms. The molecular weight excluding hydrogens is 542 g/mol. The van der Waals surface area contributed by atoms with Crippen molar-refractivity contribution in [3.05, 3.63) is 39.7 Å². The summed E-state index contributed by atoms with van der Waals surface area (Å²) in [5, 5.41) is 45.3. The van der Waals surface area contributed by atoms with Gasteiger partial charge in [0.05, 0.1) is 18.7 Å². The molecule has 42 heavy (non-hydrogen) atoms. The van der Waals surface area contributed by atoms with Gasteiger partial charge in [-0.1, -0.05) is 19.8 Å². The standard InChI is InChI=1S/C31H41N3O8/c1-5-6-15-7-9-34(10-8-15)14-17-13-20(35)22-18(27(17)42-4)11-16-12-19-24(33(2)3)26(37)23(30(32)40)29(39)31(19,41)28(38)21(16)25(22)36/h13,15-16,19,24,35-36,39,41H,5-12,14H2,1-4H3,(H2,32,40)/t16-,19-,24-,31-/m0/s1. The Labute approximate surface area is 245 Å². The van der Waals surface area contributed by atoms with Gasteiger partial charge in [0.15, 0.2) is 11.4 Å².